The van der Waals surface area contributed by atoms with Crippen LogP contribution < -0.4 is 21.3 Å². The van der Waals surface area contributed by atoms with Crippen molar-refractivity contribution in [1.29, 1.82) is 0 Å². The van der Waals surface area contributed by atoms with Crippen LogP contribution in [0.1, 0.15) is 30.8 Å². The second kappa shape index (κ2) is 7.15. The summed E-state index contributed by atoms with van der Waals surface area (Å²) in [6.45, 7) is 3.94. The van der Waals surface area contributed by atoms with Crippen molar-refractivity contribution in [1.82, 2.24) is 15.7 Å². The highest BCUT2D eigenvalue weighted by Crippen LogP contribution is 2.26. The van der Waals surface area contributed by atoms with E-state index < -0.39 is 11.9 Å². The lowest BCUT2D eigenvalue weighted by molar-refractivity contribution is -0.123. The number of ether oxygens (including phenoxy) is 1. The zero-order valence-corrected chi connectivity index (χ0v) is 13.5. The largest absolute Gasteiger partial charge is 0.496 e. The van der Waals surface area contributed by atoms with Gasteiger partial charge in [0.1, 0.15) is 17.5 Å². The summed E-state index contributed by atoms with van der Waals surface area (Å²) < 4.78 is 5.28. The molecule has 0 aliphatic heterocycles. The maximum Gasteiger partial charge on any atom is 0.268 e. The molecule has 1 aromatic carbocycles. The normalized spacial score (nSPS) is 12.2. The number of H-pyrrole nitrogens is 1. The number of carbonyl (C=O) groups is 2. The number of nitrogens with two attached hydrogens (primary N) is 1. The van der Waals surface area contributed by atoms with E-state index in [1.54, 1.807) is 13.2 Å². The van der Waals surface area contributed by atoms with Crippen LogP contribution in [0, 0.1) is 5.92 Å². The SMILES string of the molecule is COc1cccc2[nH]c(C(=O)NC(CC(C)C)C(=O)NN)cc12. The molecule has 0 saturated heterocycles. The number of nitrogens with one attached hydrogen (secondary N) is 3. The average molecular weight is 318 g/mol. The van der Waals surface area contributed by atoms with Crippen LogP contribution in [0.3, 0.4) is 0 Å². The molecule has 0 bridgehead atoms. The van der Waals surface area contributed by atoms with E-state index in [0.29, 0.717) is 17.9 Å². The summed E-state index contributed by atoms with van der Waals surface area (Å²) in [5.41, 5.74) is 3.24. The van der Waals surface area contributed by atoms with E-state index >= 15 is 0 Å². The Morgan fingerprint density at radius 3 is 2.70 bits per heavy atom. The number of aromatic amines is 1. The smallest absolute Gasteiger partial charge is 0.268 e. The Balaban J connectivity index is 2.23. The average Bonchev–Trinajstić information content (AvgIpc) is 2.97. The molecule has 0 fully saturated rings. The molecule has 1 atom stereocenters. The van der Waals surface area contributed by atoms with Crippen molar-refractivity contribution in [3.05, 3.63) is 30.0 Å². The maximum atomic E-state index is 12.4. The fraction of sp³-hybridized carbons (Fsp3) is 0.375. The van der Waals surface area contributed by atoms with Crippen LogP contribution in [0.4, 0.5) is 0 Å². The minimum absolute atomic E-state index is 0.236. The van der Waals surface area contributed by atoms with Crippen LogP contribution in [-0.4, -0.2) is 29.9 Å². The van der Waals surface area contributed by atoms with Gasteiger partial charge in [-0.1, -0.05) is 19.9 Å². The van der Waals surface area contributed by atoms with E-state index in [1.165, 1.54) is 0 Å². The number of fused-ring (bicyclic) bond motifs is 1. The Morgan fingerprint density at radius 2 is 2.09 bits per heavy atom. The second-order valence-corrected chi connectivity index (χ2v) is 5.77. The van der Waals surface area contributed by atoms with E-state index in [4.69, 9.17) is 10.6 Å². The minimum Gasteiger partial charge on any atom is -0.496 e. The van der Waals surface area contributed by atoms with Gasteiger partial charge in [0, 0.05) is 10.9 Å². The van der Waals surface area contributed by atoms with Crippen molar-refractivity contribution >= 4 is 22.7 Å². The molecule has 0 saturated carbocycles. The molecule has 2 amide bonds. The summed E-state index contributed by atoms with van der Waals surface area (Å²) in [5, 5.41) is 3.52. The molecule has 7 heteroatoms. The fourth-order valence-corrected chi connectivity index (χ4v) is 2.47. The number of hydrazine groups is 1. The summed E-state index contributed by atoms with van der Waals surface area (Å²) >= 11 is 0. The highest BCUT2D eigenvalue weighted by atomic mass is 16.5. The predicted octanol–water partition coefficient (Wildman–Crippen LogP) is 1.31. The number of rotatable bonds is 6. The van der Waals surface area contributed by atoms with Crippen LogP contribution in [0.2, 0.25) is 0 Å². The Kier molecular flexibility index (Phi) is 5.23. The van der Waals surface area contributed by atoms with Gasteiger partial charge in [0.25, 0.3) is 11.8 Å². The third-order valence-corrected chi connectivity index (χ3v) is 3.56. The van der Waals surface area contributed by atoms with Gasteiger partial charge in [-0.15, -0.1) is 0 Å². The molecule has 0 aliphatic rings. The third-order valence-electron chi connectivity index (χ3n) is 3.56. The van der Waals surface area contributed by atoms with E-state index in [-0.39, 0.29) is 11.8 Å². The van der Waals surface area contributed by atoms with Crippen molar-refractivity contribution < 1.29 is 14.3 Å². The minimum atomic E-state index is -0.680. The van der Waals surface area contributed by atoms with Crippen molar-refractivity contribution in [3.8, 4) is 5.75 Å². The van der Waals surface area contributed by atoms with Crippen molar-refractivity contribution in [2.75, 3.05) is 7.11 Å². The van der Waals surface area contributed by atoms with E-state index in [1.807, 2.05) is 32.0 Å². The topological polar surface area (TPSA) is 109 Å². The van der Waals surface area contributed by atoms with Crippen LogP contribution in [-0.2, 0) is 4.79 Å². The summed E-state index contributed by atoms with van der Waals surface area (Å²) in [5.74, 6) is 5.32. The zero-order chi connectivity index (χ0) is 17.0. The van der Waals surface area contributed by atoms with Crippen LogP contribution >= 0.6 is 0 Å². The molecular weight excluding hydrogens is 296 g/mol. The van der Waals surface area contributed by atoms with Gasteiger partial charge in [0.2, 0.25) is 0 Å². The molecular formula is C16H22N4O3. The Labute approximate surface area is 134 Å². The molecule has 0 aliphatic carbocycles. The van der Waals surface area contributed by atoms with Crippen LogP contribution in [0.5, 0.6) is 5.75 Å². The molecule has 2 rings (SSSR count). The number of hydrogen-bond acceptors (Lipinski definition) is 4. The standard InChI is InChI=1S/C16H22N4O3/c1-9(2)7-12(16(22)20-17)19-15(21)13-8-10-11(18-13)5-4-6-14(10)23-3/h4-6,8-9,12,18H,7,17H2,1-3H3,(H,19,21)(H,20,22). The fourth-order valence-electron chi connectivity index (χ4n) is 2.47. The molecule has 2 aromatic rings. The number of methoxy groups -OCH3 is 1. The van der Waals surface area contributed by atoms with Gasteiger partial charge in [0.15, 0.2) is 0 Å². The van der Waals surface area contributed by atoms with E-state index in [9.17, 15) is 9.59 Å². The first kappa shape index (κ1) is 16.8. The molecule has 1 unspecified atom stereocenters. The summed E-state index contributed by atoms with van der Waals surface area (Å²) in [6, 6.07) is 6.54. The lowest BCUT2D eigenvalue weighted by Gasteiger charge is -2.18. The van der Waals surface area contributed by atoms with Crippen LogP contribution in [0.25, 0.3) is 10.9 Å². The Morgan fingerprint density at radius 1 is 1.35 bits per heavy atom. The quantitative estimate of drug-likeness (QED) is 0.366. The van der Waals surface area contributed by atoms with Crippen molar-refractivity contribution in [2.24, 2.45) is 11.8 Å². The van der Waals surface area contributed by atoms with Crippen LogP contribution in [0.15, 0.2) is 24.3 Å². The molecule has 0 spiro atoms. The summed E-state index contributed by atoms with van der Waals surface area (Å²) in [6.07, 6.45) is 0.498. The first-order valence-corrected chi connectivity index (χ1v) is 7.43. The summed E-state index contributed by atoms with van der Waals surface area (Å²) in [7, 11) is 1.58. The molecule has 7 nitrogen and oxygen atoms in total. The monoisotopic (exact) mass is 318 g/mol. The maximum absolute atomic E-state index is 12.4. The molecule has 0 radical (unpaired) electrons. The Hall–Kier alpha value is -2.54. The first-order chi connectivity index (χ1) is 11.0. The Bertz CT molecular complexity index is 708. The van der Waals surface area contributed by atoms with Crippen molar-refractivity contribution in [3.63, 3.8) is 0 Å². The van der Waals surface area contributed by atoms with Gasteiger partial charge in [-0.05, 0) is 30.5 Å². The van der Waals surface area contributed by atoms with Gasteiger partial charge < -0.3 is 15.0 Å². The third kappa shape index (κ3) is 3.81. The zero-order valence-electron chi connectivity index (χ0n) is 13.5. The van der Waals surface area contributed by atoms with Gasteiger partial charge in [-0.25, -0.2) is 5.84 Å². The van der Waals surface area contributed by atoms with Gasteiger partial charge in [0.05, 0.1) is 7.11 Å². The van der Waals surface area contributed by atoms with E-state index in [2.05, 4.69) is 15.7 Å². The molecule has 1 aromatic heterocycles. The number of hydrogen-bond donors (Lipinski definition) is 4. The van der Waals surface area contributed by atoms with Gasteiger partial charge in [-0.2, -0.15) is 0 Å². The lowest BCUT2D eigenvalue weighted by Crippen LogP contribution is -2.49. The first-order valence-electron chi connectivity index (χ1n) is 7.43. The van der Waals surface area contributed by atoms with Gasteiger partial charge >= 0.3 is 0 Å². The van der Waals surface area contributed by atoms with Crippen molar-refractivity contribution in [2.45, 2.75) is 26.3 Å². The molecule has 23 heavy (non-hydrogen) atoms. The molecule has 124 valence electrons. The number of carbonyl (C=O) groups excluding carboxylic acids is 2. The lowest BCUT2D eigenvalue weighted by atomic mass is 10.0. The highest BCUT2D eigenvalue weighted by Gasteiger charge is 2.22. The van der Waals surface area contributed by atoms with E-state index in [0.717, 1.165) is 10.9 Å². The predicted molar refractivity (Wildman–Crippen MR) is 87.9 cm³/mol. The molecule has 5 N–H and O–H groups in total. The molecule has 1 heterocycles. The highest BCUT2D eigenvalue weighted by molar-refractivity contribution is 6.01. The summed E-state index contributed by atoms with van der Waals surface area (Å²) in [4.78, 5) is 27.3. The second-order valence-electron chi connectivity index (χ2n) is 5.77. The number of amides is 2. The number of aromatic nitrogens is 1. The van der Waals surface area contributed by atoms with Gasteiger partial charge in [-0.3, -0.25) is 15.0 Å². The number of benzene rings is 1.